The van der Waals surface area contributed by atoms with Gasteiger partial charge in [0.05, 0.1) is 6.10 Å². The van der Waals surface area contributed by atoms with E-state index in [1.165, 1.54) is 56.1 Å². The average Bonchev–Trinajstić information content (AvgIpc) is 3.00. The van der Waals surface area contributed by atoms with Gasteiger partial charge in [0.15, 0.2) is 0 Å². The lowest BCUT2D eigenvalue weighted by atomic mass is 9.77. The molecule has 3 unspecified atom stereocenters. The van der Waals surface area contributed by atoms with Crippen LogP contribution in [0.3, 0.4) is 0 Å². The first-order valence-corrected chi connectivity index (χ1v) is 8.29. The molecule has 3 atom stereocenters. The van der Waals surface area contributed by atoms with Crippen LogP contribution in [0.15, 0.2) is 24.3 Å². The topological polar surface area (TPSA) is 35.2 Å². The smallest absolute Gasteiger partial charge is 0.0576 e. The lowest BCUT2D eigenvalue weighted by Gasteiger charge is -2.30. The molecule has 2 heteroatoms. The van der Waals surface area contributed by atoms with E-state index in [9.17, 15) is 0 Å². The van der Waals surface area contributed by atoms with Crippen LogP contribution in [-0.4, -0.2) is 18.8 Å². The van der Waals surface area contributed by atoms with Crippen LogP contribution in [0.4, 0.5) is 0 Å². The first-order chi connectivity index (χ1) is 9.84. The lowest BCUT2D eigenvalue weighted by molar-refractivity contribution is 0.101. The highest BCUT2D eigenvalue weighted by Crippen LogP contribution is 2.34. The molecule has 1 aromatic carbocycles. The highest BCUT2D eigenvalue weighted by atomic mass is 16.5. The summed E-state index contributed by atoms with van der Waals surface area (Å²) in [6.45, 7) is 0.965. The molecule has 0 amide bonds. The highest BCUT2D eigenvalue weighted by molar-refractivity contribution is 5.33. The minimum Gasteiger partial charge on any atom is -0.378 e. The van der Waals surface area contributed by atoms with Gasteiger partial charge < -0.3 is 10.5 Å². The zero-order chi connectivity index (χ0) is 13.8. The third kappa shape index (κ3) is 3.24. The molecule has 1 aliphatic carbocycles. The van der Waals surface area contributed by atoms with Crippen molar-refractivity contribution in [2.45, 2.75) is 69.4 Å². The molecule has 0 saturated carbocycles. The number of hydrogen-bond donors (Lipinski definition) is 1. The van der Waals surface area contributed by atoms with Crippen molar-refractivity contribution in [2.24, 2.45) is 5.73 Å². The second-order valence-corrected chi connectivity index (χ2v) is 6.43. The minimum atomic E-state index is 0.317. The maximum absolute atomic E-state index is 6.51. The average molecular weight is 273 g/mol. The number of rotatable bonds is 5. The van der Waals surface area contributed by atoms with Gasteiger partial charge in [-0.05, 0) is 68.4 Å². The van der Waals surface area contributed by atoms with E-state index in [2.05, 4.69) is 24.3 Å². The third-order valence-corrected chi connectivity index (χ3v) is 5.02. The Balaban J connectivity index is 1.53. The van der Waals surface area contributed by atoms with Crippen LogP contribution in [0.5, 0.6) is 0 Å². The van der Waals surface area contributed by atoms with Gasteiger partial charge in [-0.15, -0.1) is 0 Å². The Morgan fingerprint density at radius 2 is 2.10 bits per heavy atom. The van der Waals surface area contributed by atoms with Crippen molar-refractivity contribution >= 4 is 0 Å². The first kappa shape index (κ1) is 14.1. The molecule has 2 aliphatic rings. The predicted molar refractivity (Wildman–Crippen MR) is 82.9 cm³/mol. The molecule has 1 fully saturated rings. The Bertz CT molecular complexity index is 425. The van der Waals surface area contributed by atoms with Crippen molar-refractivity contribution in [2.75, 3.05) is 6.61 Å². The minimum absolute atomic E-state index is 0.317. The van der Waals surface area contributed by atoms with E-state index in [4.69, 9.17) is 10.5 Å². The molecule has 0 spiro atoms. The molecule has 0 radical (unpaired) electrons. The van der Waals surface area contributed by atoms with Crippen molar-refractivity contribution in [1.29, 1.82) is 0 Å². The van der Waals surface area contributed by atoms with Crippen LogP contribution < -0.4 is 5.73 Å². The quantitative estimate of drug-likeness (QED) is 0.886. The van der Waals surface area contributed by atoms with Gasteiger partial charge >= 0.3 is 0 Å². The van der Waals surface area contributed by atoms with Crippen molar-refractivity contribution in [3.63, 3.8) is 0 Å². The van der Waals surface area contributed by atoms with Gasteiger partial charge in [-0.2, -0.15) is 0 Å². The van der Waals surface area contributed by atoms with Crippen LogP contribution in [0.1, 0.15) is 62.0 Å². The summed E-state index contributed by atoms with van der Waals surface area (Å²) in [6, 6.07) is 9.21. The summed E-state index contributed by atoms with van der Waals surface area (Å²) < 4.78 is 5.70. The lowest BCUT2D eigenvalue weighted by Crippen LogP contribution is -2.31. The van der Waals surface area contributed by atoms with Gasteiger partial charge in [0.1, 0.15) is 0 Å². The third-order valence-electron chi connectivity index (χ3n) is 5.02. The van der Waals surface area contributed by atoms with Crippen LogP contribution >= 0.6 is 0 Å². The van der Waals surface area contributed by atoms with Crippen molar-refractivity contribution < 1.29 is 4.74 Å². The number of fused-ring (bicyclic) bond motifs is 1. The fourth-order valence-corrected chi connectivity index (χ4v) is 3.89. The van der Waals surface area contributed by atoms with Crippen LogP contribution in [-0.2, 0) is 11.2 Å². The maximum atomic E-state index is 6.51. The molecular weight excluding hydrogens is 246 g/mol. The molecule has 1 heterocycles. The molecule has 1 aromatic rings. The summed E-state index contributed by atoms with van der Waals surface area (Å²) in [6.07, 6.45) is 10.3. The van der Waals surface area contributed by atoms with E-state index in [0.29, 0.717) is 18.1 Å². The SMILES string of the molecule is NC(CCCC1CCCO1)C1CCCc2ccccc21. The first-order valence-electron chi connectivity index (χ1n) is 8.29. The second kappa shape index (κ2) is 6.73. The van der Waals surface area contributed by atoms with Crippen LogP contribution in [0.2, 0.25) is 0 Å². The fourth-order valence-electron chi connectivity index (χ4n) is 3.89. The van der Waals surface area contributed by atoms with Gasteiger partial charge in [0.2, 0.25) is 0 Å². The highest BCUT2D eigenvalue weighted by Gasteiger charge is 2.25. The van der Waals surface area contributed by atoms with E-state index in [0.717, 1.165) is 13.0 Å². The number of hydrogen-bond acceptors (Lipinski definition) is 2. The van der Waals surface area contributed by atoms with Gasteiger partial charge in [0.25, 0.3) is 0 Å². The second-order valence-electron chi connectivity index (χ2n) is 6.43. The molecule has 3 rings (SSSR count). The Morgan fingerprint density at radius 3 is 2.95 bits per heavy atom. The van der Waals surface area contributed by atoms with Gasteiger partial charge in [-0.1, -0.05) is 24.3 Å². The summed E-state index contributed by atoms with van der Waals surface area (Å²) in [7, 11) is 0. The number of ether oxygens (including phenoxy) is 1. The predicted octanol–water partition coefficient (Wildman–Crippen LogP) is 3.78. The molecular formula is C18H27NO. The van der Waals surface area contributed by atoms with E-state index in [1.54, 1.807) is 0 Å². The standard InChI is InChI=1S/C18H27NO/c19-18(12-4-8-15-9-5-13-20-15)17-11-3-7-14-6-1-2-10-16(14)17/h1-2,6,10,15,17-18H,3-5,7-9,11-13,19H2. The van der Waals surface area contributed by atoms with E-state index in [1.807, 2.05) is 0 Å². The van der Waals surface area contributed by atoms with Gasteiger partial charge in [-0.25, -0.2) is 0 Å². The molecule has 0 bridgehead atoms. The van der Waals surface area contributed by atoms with Gasteiger partial charge in [0, 0.05) is 12.6 Å². The van der Waals surface area contributed by atoms with Crippen LogP contribution in [0, 0.1) is 0 Å². The summed E-state index contributed by atoms with van der Waals surface area (Å²) in [5, 5.41) is 0. The summed E-state index contributed by atoms with van der Waals surface area (Å²) in [5.41, 5.74) is 9.55. The molecule has 20 heavy (non-hydrogen) atoms. The fraction of sp³-hybridized carbons (Fsp3) is 0.667. The zero-order valence-corrected chi connectivity index (χ0v) is 12.4. The van der Waals surface area contributed by atoms with Crippen molar-refractivity contribution in [3.8, 4) is 0 Å². The molecule has 0 aromatic heterocycles. The Kier molecular flexibility index (Phi) is 4.74. The number of benzene rings is 1. The van der Waals surface area contributed by atoms with E-state index in [-0.39, 0.29) is 0 Å². The summed E-state index contributed by atoms with van der Waals surface area (Å²) in [5.74, 6) is 0.574. The number of aryl methyl sites for hydroxylation is 1. The summed E-state index contributed by atoms with van der Waals surface area (Å²) >= 11 is 0. The Hall–Kier alpha value is -0.860. The molecule has 1 saturated heterocycles. The van der Waals surface area contributed by atoms with Crippen molar-refractivity contribution in [1.82, 2.24) is 0 Å². The molecule has 110 valence electrons. The van der Waals surface area contributed by atoms with E-state index >= 15 is 0 Å². The molecule has 2 nitrogen and oxygen atoms in total. The summed E-state index contributed by atoms with van der Waals surface area (Å²) in [4.78, 5) is 0. The zero-order valence-electron chi connectivity index (χ0n) is 12.4. The van der Waals surface area contributed by atoms with Crippen molar-refractivity contribution in [3.05, 3.63) is 35.4 Å². The molecule has 2 N–H and O–H groups in total. The Labute approximate surface area is 122 Å². The van der Waals surface area contributed by atoms with Gasteiger partial charge in [-0.3, -0.25) is 0 Å². The van der Waals surface area contributed by atoms with Crippen LogP contribution in [0.25, 0.3) is 0 Å². The normalized spacial score (nSPS) is 27.2. The largest absolute Gasteiger partial charge is 0.378 e. The molecule has 1 aliphatic heterocycles. The maximum Gasteiger partial charge on any atom is 0.0576 e. The Morgan fingerprint density at radius 1 is 1.20 bits per heavy atom. The van der Waals surface area contributed by atoms with E-state index < -0.39 is 0 Å². The number of nitrogens with two attached hydrogens (primary N) is 1. The monoisotopic (exact) mass is 273 g/mol.